The number of ether oxygens (including phenoxy) is 3. The number of aldehydes is 1. The Kier molecular flexibility index (Phi) is 7.04. The van der Waals surface area contributed by atoms with Crippen LogP contribution in [-0.2, 0) is 13.0 Å². The first-order valence-electron chi connectivity index (χ1n) is 10.7. The lowest BCUT2D eigenvalue weighted by Gasteiger charge is -2.28. The molecule has 3 aromatic rings. The van der Waals surface area contributed by atoms with Crippen LogP contribution in [0.5, 0.6) is 17.2 Å². The molecule has 0 atom stereocenters. The van der Waals surface area contributed by atoms with Crippen molar-refractivity contribution in [3.63, 3.8) is 0 Å². The highest BCUT2D eigenvalue weighted by molar-refractivity contribution is 6.01. The van der Waals surface area contributed by atoms with Crippen molar-refractivity contribution in [2.75, 3.05) is 31.0 Å². The Morgan fingerprint density at radius 1 is 1.14 bits per heavy atom. The van der Waals surface area contributed by atoms with E-state index in [9.17, 15) is 18.4 Å². The standard InChI is InChI=1S/C24H22F2N4O5/c1-33-18-10-19(34-2)22(26)17(21(18)25)13-35-16-7-8-20(27-11-16)29-24(32)30-9-3-4-14-5-6-15(12-31)28-23(14)30/h5-8,10-12H,3-4,9,13H2,1-2H3,(H,27,29,32). The number of benzene rings is 1. The molecule has 2 amide bonds. The van der Waals surface area contributed by atoms with Crippen molar-refractivity contribution in [2.45, 2.75) is 19.4 Å². The minimum Gasteiger partial charge on any atom is -0.494 e. The predicted octanol–water partition coefficient (Wildman–Crippen LogP) is 4.15. The summed E-state index contributed by atoms with van der Waals surface area (Å²) in [6.45, 7) is 0.00434. The van der Waals surface area contributed by atoms with Crippen LogP contribution in [0.1, 0.15) is 28.0 Å². The van der Waals surface area contributed by atoms with E-state index in [1.54, 1.807) is 12.1 Å². The molecule has 1 aliphatic rings. The lowest BCUT2D eigenvalue weighted by atomic mass is 10.1. The Bertz CT molecular complexity index is 1230. The van der Waals surface area contributed by atoms with Gasteiger partial charge in [-0.2, -0.15) is 0 Å². The average molecular weight is 484 g/mol. The second kappa shape index (κ2) is 10.3. The van der Waals surface area contributed by atoms with Crippen LogP contribution in [0.4, 0.5) is 25.2 Å². The van der Waals surface area contributed by atoms with Gasteiger partial charge in [0.2, 0.25) is 0 Å². The zero-order chi connectivity index (χ0) is 24.9. The quantitative estimate of drug-likeness (QED) is 0.503. The van der Waals surface area contributed by atoms with Crippen molar-refractivity contribution in [3.05, 3.63) is 65.0 Å². The molecule has 0 saturated carbocycles. The van der Waals surface area contributed by atoms with Gasteiger partial charge < -0.3 is 14.2 Å². The number of urea groups is 1. The first-order valence-corrected chi connectivity index (χ1v) is 10.7. The van der Waals surface area contributed by atoms with Crippen molar-refractivity contribution in [1.29, 1.82) is 0 Å². The van der Waals surface area contributed by atoms with Crippen molar-refractivity contribution in [3.8, 4) is 17.2 Å². The van der Waals surface area contributed by atoms with Crippen molar-refractivity contribution < 1.29 is 32.6 Å². The van der Waals surface area contributed by atoms with Gasteiger partial charge in [0.1, 0.15) is 29.7 Å². The smallest absolute Gasteiger partial charge is 0.328 e. The molecule has 2 aromatic heterocycles. The molecule has 1 aliphatic heterocycles. The van der Waals surface area contributed by atoms with Gasteiger partial charge >= 0.3 is 6.03 Å². The molecule has 11 heteroatoms. The van der Waals surface area contributed by atoms with E-state index in [1.807, 2.05) is 0 Å². The molecule has 1 aromatic carbocycles. The molecule has 0 unspecified atom stereocenters. The van der Waals surface area contributed by atoms with Gasteiger partial charge in [-0.05, 0) is 36.6 Å². The first-order chi connectivity index (χ1) is 16.9. The molecule has 1 N–H and O–H groups in total. The number of hydrogen-bond donors (Lipinski definition) is 1. The van der Waals surface area contributed by atoms with Gasteiger partial charge in [0.25, 0.3) is 0 Å². The third-order valence-electron chi connectivity index (χ3n) is 5.45. The molecule has 0 fully saturated rings. The van der Waals surface area contributed by atoms with Crippen LogP contribution in [0.15, 0.2) is 36.5 Å². The molecular weight excluding hydrogens is 462 g/mol. The molecule has 0 saturated heterocycles. The molecule has 9 nitrogen and oxygen atoms in total. The molecule has 0 bridgehead atoms. The summed E-state index contributed by atoms with van der Waals surface area (Å²) < 4.78 is 44.3. The normalized spacial score (nSPS) is 12.5. The summed E-state index contributed by atoms with van der Waals surface area (Å²) >= 11 is 0. The highest BCUT2D eigenvalue weighted by Crippen LogP contribution is 2.32. The van der Waals surface area contributed by atoms with Crippen LogP contribution in [0, 0.1) is 11.6 Å². The number of pyridine rings is 2. The highest BCUT2D eigenvalue weighted by atomic mass is 19.1. The summed E-state index contributed by atoms with van der Waals surface area (Å²) in [6.07, 6.45) is 3.46. The van der Waals surface area contributed by atoms with E-state index in [1.165, 1.54) is 37.4 Å². The second-order valence-electron chi connectivity index (χ2n) is 7.58. The molecule has 35 heavy (non-hydrogen) atoms. The molecule has 0 radical (unpaired) electrons. The maximum absolute atomic E-state index is 14.5. The molecule has 3 heterocycles. The SMILES string of the molecule is COc1cc(OC)c(F)c(COc2ccc(NC(=O)N3CCCc4ccc(C=O)nc43)nc2)c1F. The van der Waals surface area contributed by atoms with Crippen molar-refractivity contribution in [2.24, 2.45) is 0 Å². The Morgan fingerprint density at radius 3 is 2.51 bits per heavy atom. The maximum Gasteiger partial charge on any atom is 0.328 e. The number of aromatic nitrogens is 2. The van der Waals surface area contributed by atoms with Gasteiger partial charge in [-0.15, -0.1) is 0 Å². The number of carbonyl (C=O) groups excluding carboxylic acids is 2. The third kappa shape index (κ3) is 4.98. The Labute approximate surface area is 199 Å². The molecule has 0 spiro atoms. The van der Waals surface area contributed by atoms with Gasteiger partial charge in [-0.1, -0.05) is 6.07 Å². The molecular formula is C24H22F2N4O5. The van der Waals surface area contributed by atoms with Crippen LogP contribution in [0.25, 0.3) is 0 Å². The fraction of sp³-hybridized carbons (Fsp3) is 0.250. The van der Waals surface area contributed by atoms with E-state index < -0.39 is 24.3 Å². The summed E-state index contributed by atoms with van der Waals surface area (Å²) in [7, 11) is 2.52. The van der Waals surface area contributed by atoms with Gasteiger partial charge in [0.05, 0.1) is 26.0 Å². The van der Waals surface area contributed by atoms with Gasteiger partial charge in [0, 0.05) is 12.6 Å². The van der Waals surface area contributed by atoms with E-state index in [0.717, 1.165) is 24.5 Å². The lowest BCUT2D eigenvalue weighted by molar-refractivity contribution is 0.111. The van der Waals surface area contributed by atoms with E-state index >= 15 is 0 Å². The maximum atomic E-state index is 14.5. The predicted molar refractivity (Wildman–Crippen MR) is 122 cm³/mol. The molecule has 182 valence electrons. The minimum atomic E-state index is -0.893. The Hall–Kier alpha value is -4.28. The summed E-state index contributed by atoms with van der Waals surface area (Å²) in [6, 6.07) is 7.07. The summed E-state index contributed by atoms with van der Waals surface area (Å²) in [5.74, 6) is -1.23. The van der Waals surface area contributed by atoms with Crippen LogP contribution in [0.2, 0.25) is 0 Å². The number of aryl methyl sites for hydroxylation is 1. The minimum absolute atomic E-state index is 0.174. The number of halogens is 2. The number of methoxy groups -OCH3 is 2. The van der Waals surface area contributed by atoms with E-state index in [0.29, 0.717) is 18.6 Å². The van der Waals surface area contributed by atoms with E-state index in [-0.39, 0.29) is 34.3 Å². The van der Waals surface area contributed by atoms with Crippen LogP contribution >= 0.6 is 0 Å². The molecule has 4 rings (SSSR count). The third-order valence-corrected chi connectivity index (χ3v) is 5.45. The average Bonchev–Trinajstić information content (AvgIpc) is 2.89. The van der Waals surface area contributed by atoms with Gasteiger partial charge in [0.15, 0.2) is 29.4 Å². The van der Waals surface area contributed by atoms with Crippen molar-refractivity contribution in [1.82, 2.24) is 9.97 Å². The topological polar surface area (TPSA) is 103 Å². The van der Waals surface area contributed by atoms with Gasteiger partial charge in [-0.25, -0.2) is 23.5 Å². The lowest BCUT2D eigenvalue weighted by Crippen LogP contribution is -2.39. The monoisotopic (exact) mass is 484 g/mol. The zero-order valence-electron chi connectivity index (χ0n) is 19.0. The largest absolute Gasteiger partial charge is 0.494 e. The highest BCUT2D eigenvalue weighted by Gasteiger charge is 2.25. The summed E-state index contributed by atoms with van der Waals surface area (Å²) in [5, 5.41) is 2.68. The Morgan fingerprint density at radius 2 is 1.89 bits per heavy atom. The van der Waals surface area contributed by atoms with Crippen LogP contribution in [-0.4, -0.2) is 43.0 Å². The fourth-order valence-electron chi connectivity index (χ4n) is 3.65. The van der Waals surface area contributed by atoms with Crippen LogP contribution in [0.3, 0.4) is 0 Å². The number of fused-ring (bicyclic) bond motifs is 1. The zero-order valence-corrected chi connectivity index (χ0v) is 19.0. The number of carbonyl (C=O) groups is 2. The number of hydrogen-bond acceptors (Lipinski definition) is 7. The van der Waals surface area contributed by atoms with Gasteiger partial charge in [-0.3, -0.25) is 15.0 Å². The Balaban J connectivity index is 1.44. The number of anilines is 2. The number of amides is 2. The number of nitrogens with one attached hydrogen (secondary N) is 1. The van der Waals surface area contributed by atoms with Crippen LogP contribution < -0.4 is 24.4 Å². The number of nitrogens with zero attached hydrogens (tertiary/aromatic N) is 3. The van der Waals surface area contributed by atoms with E-state index in [4.69, 9.17) is 14.2 Å². The first kappa shape index (κ1) is 23.9. The number of rotatable bonds is 7. The fourth-order valence-corrected chi connectivity index (χ4v) is 3.65. The van der Waals surface area contributed by atoms with Crippen molar-refractivity contribution >= 4 is 24.0 Å². The second-order valence-corrected chi connectivity index (χ2v) is 7.58. The summed E-state index contributed by atoms with van der Waals surface area (Å²) in [4.78, 5) is 33.8. The molecule has 0 aliphatic carbocycles. The van der Waals surface area contributed by atoms with E-state index in [2.05, 4.69) is 15.3 Å². The summed E-state index contributed by atoms with van der Waals surface area (Å²) in [5.41, 5.74) is 0.761.